The summed E-state index contributed by atoms with van der Waals surface area (Å²) in [5.74, 6) is 0. The fourth-order valence-corrected chi connectivity index (χ4v) is 1.38. The Hall–Kier alpha value is -0.770. The van der Waals surface area contributed by atoms with Crippen molar-refractivity contribution in [2.24, 2.45) is 0 Å². The molecule has 4 heteroatoms. The summed E-state index contributed by atoms with van der Waals surface area (Å²) >= 11 is 0. The van der Waals surface area contributed by atoms with Crippen LogP contribution in [0.25, 0.3) is 0 Å². The maximum atomic E-state index is 10.6. The third kappa shape index (κ3) is 1.83. The predicted molar refractivity (Wildman–Crippen MR) is 41.7 cm³/mol. The molecule has 64 valence electrons. The second-order valence-electron chi connectivity index (χ2n) is 2.74. The molecule has 1 rings (SSSR count). The minimum Gasteiger partial charge on any atom is -0.465 e. The lowest BCUT2D eigenvalue weighted by molar-refractivity contribution is 0.111. The van der Waals surface area contributed by atoms with Crippen molar-refractivity contribution >= 4 is 6.09 Å². The monoisotopic (exact) mass is 158 g/mol. The van der Waals surface area contributed by atoms with E-state index >= 15 is 0 Å². The lowest BCUT2D eigenvalue weighted by Crippen LogP contribution is -2.52. The first-order chi connectivity index (χ1) is 5.25. The Morgan fingerprint density at radius 3 is 3.00 bits per heavy atom. The molecule has 0 aliphatic carbocycles. The summed E-state index contributed by atoms with van der Waals surface area (Å²) in [5.41, 5.74) is 0. The van der Waals surface area contributed by atoms with Crippen molar-refractivity contribution in [3.8, 4) is 0 Å². The molecule has 2 N–H and O–H groups in total. The molecule has 0 spiro atoms. The van der Waals surface area contributed by atoms with Crippen LogP contribution in [0, 0.1) is 0 Å². The Morgan fingerprint density at radius 2 is 2.55 bits per heavy atom. The van der Waals surface area contributed by atoms with Crippen LogP contribution >= 0.6 is 0 Å². The summed E-state index contributed by atoms with van der Waals surface area (Å²) in [7, 11) is 0. The summed E-state index contributed by atoms with van der Waals surface area (Å²) in [5, 5.41) is 11.9. The van der Waals surface area contributed by atoms with Crippen LogP contribution < -0.4 is 5.32 Å². The van der Waals surface area contributed by atoms with Crippen LogP contribution in [0.1, 0.15) is 13.3 Å². The highest BCUT2D eigenvalue weighted by atomic mass is 16.4. The van der Waals surface area contributed by atoms with Gasteiger partial charge < -0.3 is 15.3 Å². The lowest BCUT2D eigenvalue weighted by atomic mass is 10.1. The molecule has 1 aliphatic rings. The predicted octanol–water partition coefficient (Wildman–Crippen LogP) is 0.348. The number of carboxylic acid groups (broad SMARTS) is 1. The quantitative estimate of drug-likeness (QED) is 0.579. The first kappa shape index (κ1) is 8.33. The number of amides is 1. The van der Waals surface area contributed by atoms with Crippen molar-refractivity contribution in [1.82, 2.24) is 10.2 Å². The van der Waals surface area contributed by atoms with Gasteiger partial charge in [0, 0.05) is 25.7 Å². The maximum absolute atomic E-state index is 10.6. The zero-order valence-electron chi connectivity index (χ0n) is 6.71. The fourth-order valence-electron chi connectivity index (χ4n) is 1.38. The lowest BCUT2D eigenvalue weighted by Gasteiger charge is -2.33. The highest BCUT2D eigenvalue weighted by molar-refractivity contribution is 5.65. The van der Waals surface area contributed by atoms with E-state index in [-0.39, 0.29) is 6.04 Å². The van der Waals surface area contributed by atoms with Gasteiger partial charge in [-0.1, -0.05) is 6.92 Å². The Balaban J connectivity index is 2.51. The Morgan fingerprint density at radius 1 is 1.82 bits per heavy atom. The number of carbonyl (C=O) groups is 1. The first-order valence-electron chi connectivity index (χ1n) is 3.96. The largest absolute Gasteiger partial charge is 0.465 e. The van der Waals surface area contributed by atoms with E-state index in [9.17, 15) is 4.79 Å². The zero-order valence-corrected chi connectivity index (χ0v) is 6.71. The van der Waals surface area contributed by atoms with Crippen LogP contribution in [-0.2, 0) is 0 Å². The molecule has 1 amide bonds. The van der Waals surface area contributed by atoms with Gasteiger partial charge in [0.1, 0.15) is 0 Å². The van der Waals surface area contributed by atoms with E-state index in [4.69, 9.17) is 5.11 Å². The minimum absolute atomic E-state index is 0.168. The van der Waals surface area contributed by atoms with Gasteiger partial charge in [-0.25, -0.2) is 4.79 Å². The Labute approximate surface area is 66.2 Å². The van der Waals surface area contributed by atoms with Crippen molar-refractivity contribution in [2.45, 2.75) is 19.4 Å². The molecule has 4 nitrogen and oxygen atoms in total. The van der Waals surface area contributed by atoms with Gasteiger partial charge in [0.25, 0.3) is 0 Å². The third-order valence-corrected chi connectivity index (χ3v) is 2.07. The molecule has 0 unspecified atom stereocenters. The van der Waals surface area contributed by atoms with Gasteiger partial charge in [0.2, 0.25) is 0 Å². The second-order valence-corrected chi connectivity index (χ2v) is 2.74. The normalized spacial score (nSPS) is 25.2. The molecule has 0 saturated carbocycles. The van der Waals surface area contributed by atoms with E-state index in [2.05, 4.69) is 5.32 Å². The minimum atomic E-state index is -0.793. The molecule has 0 bridgehead atoms. The zero-order chi connectivity index (χ0) is 8.27. The van der Waals surface area contributed by atoms with Crippen molar-refractivity contribution < 1.29 is 9.90 Å². The van der Waals surface area contributed by atoms with Gasteiger partial charge in [0.15, 0.2) is 0 Å². The number of hydrogen-bond donors (Lipinski definition) is 2. The van der Waals surface area contributed by atoms with Gasteiger partial charge >= 0.3 is 6.09 Å². The second kappa shape index (κ2) is 3.57. The molecule has 0 aromatic heterocycles. The van der Waals surface area contributed by atoms with E-state index in [1.807, 2.05) is 6.92 Å². The van der Waals surface area contributed by atoms with E-state index in [0.29, 0.717) is 6.54 Å². The van der Waals surface area contributed by atoms with Crippen LogP contribution in [0.5, 0.6) is 0 Å². The van der Waals surface area contributed by atoms with Gasteiger partial charge in [-0.2, -0.15) is 0 Å². The van der Waals surface area contributed by atoms with Crippen LogP contribution in [0.2, 0.25) is 0 Å². The third-order valence-electron chi connectivity index (χ3n) is 2.07. The summed E-state index contributed by atoms with van der Waals surface area (Å²) in [6.45, 7) is 4.20. The number of nitrogens with one attached hydrogen (secondary N) is 1. The Kier molecular flexibility index (Phi) is 2.70. The smallest absolute Gasteiger partial charge is 0.407 e. The van der Waals surface area contributed by atoms with E-state index in [1.165, 1.54) is 4.90 Å². The molecule has 1 saturated heterocycles. The van der Waals surface area contributed by atoms with E-state index < -0.39 is 6.09 Å². The number of hydrogen-bond acceptors (Lipinski definition) is 2. The number of piperazine rings is 1. The highest BCUT2D eigenvalue weighted by Crippen LogP contribution is 2.06. The number of rotatable bonds is 1. The summed E-state index contributed by atoms with van der Waals surface area (Å²) < 4.78 is 0. The molecular weight excluding hydrogens is 144 g/mol. The average Bonchev–Trinajstić information content (AvgIpc) is 2.04. The van der Waals surface area contributed by atoms with E-state index in [0.717, 1.165) is 19.5 Å². The first-order valence-corrected chi connectivity index (χ1v) is 3.96. The van der Waals surface area contributed by atoms with Gasteiger partial charge in [0.05, 0.1) is 0 Å². The molecule has 0 aromatic carbocycles. The topological polar surface area (TPSA) is 52.6 Å². The van der Waals surface area contributed by atoms with Gasteiger partial charge in [-0.05, 0) is 6.42 Å². The fraction of sp³-hybridized carbons (Fsp3) is 0.857. The highest BCUT2D eigenvalue weighted by Gasteiger charge is 2.23. The maximum Gasteiger partial charge on any atom is 0.407 e. The Bertz CT molecular complexity index is 149. The molecule has 1 aliphatic heterocycles. The van der Waals surface area contributed by atoms with Crippen molar-refractivity contribution in [2.75, 3.05) is 19.6 Å². The van der Waals surface area contributed by atoms with Crippen molar-refractivity contribution in [1.29, 1.82) is 0 Å². The molecule has 1 heterocycles. The van der Waals surface area contributed by atoms with Crippen LogP contribution in [0.3, 0.4) is 0 Å². The van der Waals surface area contributed by atoms with Crippen molar-refractivity contribution in [3.05, 3.63) is 0 Å². The summed E-state index contributed by atoms with van der Waals surface area (Å²) in [6, 6.07) is 0.168. The van der Waals surface area contributed by atoms with Crippen LogP contribution in [0.15, 0.2) is 0 Å². The molecule has 11 heavy (non-hydrogen) atoms. The molecular formula is C7H14N2O2. The standard InChI is InChI=1S/C7H14N2O2/c1-2-6-5-8-3-4-9(6)7(10)11/h6,8H,2-5H2,1H3,(H,10,11)/t6-/m1/s1. The van der Waals surface area contributed by atoms with Gasteiger partial charge in [-0.3, -0.25) is 0 Å². The SMILES string of the molecule is CC[C@@H]1CNCCN1C(=O)O. The molecule has 1 atom stereocenters. The van der Waals surface area contributed by atoms with Crippen LogP contribution in [-0.4, -0.2) is 41.8 Å². The average molecular weight is 158 g/mol. The summed E-state index contributed by atoms with van der Waals surface area (Å²) in [6.07, 6.45) is 0.0950. The van der Waals surface area contributed by atoms with Crippen LogP contribution in [0.4, 0.5) is 4.79 Å². The van der Waals surface area contributed by atoms with Gasteiger partial charge in [-0.15, -0.1) is 0 Å². The molecule has 0 radical (unpaired) electrons. The summed E-state index contributed by atoms with van der Waals surface area (Å²) in [4.78, 5) is 12.1. The molecule has 1 fully saturated rings. The number of nitrogens with zero attached hydrogens (tertiary/aromatic N) is 1. The molecule has 0 aromatic rings. The van der Waals surface area contributed by atoms with Crippen molar-refractivity contribution in [3.63, 3.8) is 0 Å². The van der Waals surface area contributed by atoms with E-state index in [1.54, 1.807) is 0 Å².